The van der Waals surface area contributed by atoms with Crippen molar-refractivity contribution in [1.29, 1.82) is 0 Å². The summed E-state index contributed by atoms with van der Waals surface area (Å²) >= 11 is 1.24. The van der Waals surface area contributed by atoms with E-state index in [4.69, 9.17) is 0 Å². The van der Waals surface area contributed by atoms with Crippen LogP contribution in [0.2, 0.25) is 0 Å². The normalized spacial score (nSPS) is 10.7. The van der Waals surface area contributed by atoms with Gasteiger partial charge < -0.3 is 10.6 Å². The van der Waals surface area contributed by atoms with Crippen LogP contribution in [0.25, 0.3) is 5.69 Å². The third kappa shape index (κ3) is 5.93. The van der Waals surface area contributed by atoms with Crippen LogP contribution in [0.1, 0.15) is 27.3 Å². The van der Waals surface area contributed by atoms with E-state index in [2.05, 4.69) is 20.8 Å². The zero-order valence-electron chi connectivity index (χ0n) is 19.3. The summed E-state index contributed by atoms with van der Waals surface area (Å²) in [5.41, 5.74) is 3.55. The maximum atomic E-state index is 14.0. The molecule has 4 rings (SSSR count). The molecule has 3 aromatic carbocycles. The van der Waals surface area contributed by atoms with Gasteiger partial charge in [0.25, 0.3) is 5.91 Å². The number of para-hydroxylation sites is 1. The van der Waals surface area contributed by atoms with Crippen molar-refractivity contribution in [2.75, 3.05) is 11.1 Å². The van der Waals surface area contributed by atoms with Crippen LogP contribution in [0, 0.1) is 19.7 Å². The Morgan fingerprint density at radius 2 is 1.71 bits per heavy atom. The highest BCUT2D eigenvalue weighted by molar-refractivity contribution is 7.99. The molecule has 0 atom stereocenters. The minimum atomic E-state index is -0.597. The van der Waals surface area contributed by atoms with Gasteiger partial charge in [-0.15, -0.1) is 10.2 Å². The SMILES string of the molecule is Cc1ccc(C)c(NC(=O)CSc2nnc(CNC(=O)c3ccccc3F)n2-c2ccccc2)c1. The number of amides is 2. The number of hydrogen-bond acceptors (Lipinski definition) is 5. The van der Waals surface area contributed by atoms with Crippen LogP contribution in [0.15, 0.2) is 78.0 Å². The summed E-state index contributed by atoms with van der Waals surface area (Å²) < 4.78 is 15.7. The third-order valence-electron chi connectivity index (χ3n) is 5.24. The standard InChI is InChI=1S/C26H24FN5O2S/c1-17-12-13-18(2)22(14-17)29-24(33)16-35-26-31-30-23(32(26)19-8-4-3-5-9-19)15-28-25(34)20-10-6-7-11-21(20)27/h3-14H,15-16H2,1-2H3,(H,28,34)(H,29,33). The first-order valence-electron chi connectivity index (χ1n) is 10.9. The van der Waals surface area contributed by atoms with Crippen LogP contribution >= 0.6 is 11.8 Å². The number of nitrogens with zero attached hydrogens (tertiary/aromatic N) is 3. The van der Waals surface area contributed by atoms with Crippen molar-refractivity contribution in [2.24, 2.45) is 0 Å². The van der Waals surface area contributed by atoms with Gasteiger partial charge in [-0.1, -0.05) is 54.2 Å². The number of benzene rings is 3. The number of thioether (sulfide) groups is 1. The molecule has 7 nitrogen and oxygen atoms in total. The zero-order chi connectivity index (χ0) is 24.8. The Morgan fingerprint density at radius 3 is 2.49 bits per heavy atom. The van der Waals surface area contributed by atoms with Crippen LogP contribution in [0.5, 0.6) is 0 Å². The van der Waals surface area contributed by atoms with Gasteiger partial charge in [0.2, 0.25) is 5.91 Å². The monoisotopic (exact) mass is 489 g/mol. The zero-order valence-corrected chi connectivity index (χ0v) is 20.1. The highest BCUT2D eigenvalue weighted by Gasteiger charge is 2.18. The molecule has 1 heterocycles. The number of carbonyl (C=O) groups is 2. The fraction of sp³-hybridized carbons (Fsp3) is 0.154. The highest BCUT2D eigenvalue weighted by atomic mass is 32.2. The number of anilines is 1. The van der Waals surface area contributed by atoms with Crippen LogP contribution in [0.4, 0.5) is 10.1 Å². The van der Waals surface area contributed by atoms with Gasteiger partial charge in [0, 0.05) is 11.4 Å². The fourth-order valence-electron chi connectivity index (χ4n) is 3.43. The molecule has 4 aromatic rings. The summed E-state index contributed by atoms with van der Waals surface area (Å²) in [5, 5.41) is 14.6. The number of nitrogens with one attached hydrogen (secondary N) is 2. The van der Waals surface area contributed by atoms with Crippen molar-refractivity contribution in [3.8, 4) is 5.69 Å². The van der Waals surface area contributed by atoms with Crippen molar-refractivity contribution >= 4 is 29.3 Å². The van der Waals surface area contributed by atoms with Crippen LogP contribution in [-0.4, -0.2) is 32.3 Å². The maximum Gasteiger partial charge on any atom is 0.254 e. The molecule has 0 spiro atoms. The number of aromatic nitrogens is 3. The molecule has 0 unspecified atom stereocenters. The molecule has 9 heteroatoms. The first kappa shape index (κ1) is 24.2. The Labute approximate surface area is 206 Å². The molecular formula is C26H24FN5O2S. The summed E-state index contributed by atoms with van der Waals surface area (Å²) in [6.45, 7) is 3.94. The average Bonchev–Trinajstić information content (AvgIpc) is 3.27. The summed E-state index contributed by atoms with van der Waals surface area (Å²) in [4.78, 5) is 25.1. The van der Waals surface area contributed by atoms with E-state index in [1.54, 1.807) is 10.6 Å². The Bertz CT molecular complexity index is 1360. The molecule has 0 fully saturated rings. The van der Waals surface area contributed by atoms with Crippen molar-refractivity contribution in [3.63, 3.8) is 0 Å². The molecule has 178 valence electrons. The van der Waals surface area contributed by atoms with Crippen LogP contribution in [-0.2, 0) is 11.3 Å². The predicted octanol–water partition coefficient (Wildman–Crippen LogP) is 4.68. The van der Waals surface area contributed by atoms with E-state index in [1.165, 1.54) is 30.0 Å². The molecule has 0 aliphatic rings. The largest absolute Gasteiger partial charge is 0.345 e. The Hall–Kier alpha value is -3.98. The third-order valence-corrected chi connectivity index (χ3v) is 6.17. The van der Waals surface area contributed by atoms with Crippen molar-refractivity contribution < 1.29 is 14.0 Å². The summed E-state index contributed by atoms with van der Waals surface area (Å²) in [6, 6.07) is 21.1. The van der Waals surface area contributed by atoms with Gasteiger partial charge in [0.15, 0.2) is 11.0 Å². The van der Waals surface area contributed by atoms with Crippen molar-refractivity contribution in [2.45, 2.75) is 25.5 Å². The molecule has 0 saturated heterocycles. The lowest BCUT2D eigenvalue weighted by molar-refractivity contribution is -0.113. The van der Waals surface area contributed by atoms with E-state index >= 15 is 0 Å². The molecule has 1 aromatic heterocycles. The molecule has 2 N–H and O–H groups in total. The second-order valence-electron chi connectivity index (χ2n) is 7.89. The van der Waals surface area contributed by atoms with Gasteiger partial charge >= 0.3 is 0 Å². The first-order valence-corrected chi connectivity index (χ1v) is 11.9. The minimum Gasteiger partial charge on any atom is -0.345 e. The highest BCUT2D eigenvalue weighted by Crippen LogP contribution is 2.23. The fourth-order valence-corrected chi connectivity index (χ4v) is 4.20. The van der Waals surface area contributed by atoms with Crippen LogP contribution in [0.3, 0.4) is 0 Å². The summed E-state index contributed by atoms with van der Waals surface area (Å²) in [6.07, 6.45) is 0. The predicted molar refractivity (Wildman–Crippen MR) is 134 cm³/mol. The summed E-state index contributed by atoms with van der Waals surface area (Å²) in [7, 11) is 0. The Kier molecular flexibility index (Phi) is 7.57. The number of carbonyl (C=O) groups excluding carboxylic acids is 2. The van der Waals surface area contributed by atoms with Gasteiger partial charge in [-0.05, 0) is 55.3 Å². The lowest BCUT2D eigenvalue weighted by Gasteiger charge is -2.12. The Morgan fingerprint density at radius 1 is 0.971 bits per heavy atom. The molecule has 0 aliphatic heterocycles. The van der Waals surface area contributed by atoms with Gasteiger partial charge in [0.05, 0.1) is 17.9 Å². The minimum absolute atomic E-state index is 0.0320. The van der Waals surface area contributed by atoms with E-state index in [0.29, 0.717) is 11.0 Å². The van der Waals surface area contributed by atoms with Gasteiger partial charge in [-0.2, -0.15) is 0 Å². The first-order chi connectivity index (χ1) is 16.9. The lowest BCUT2D eigenvalue weighted by atomic mass is 10.1. The van der Waals surface area contributed by atoms with Gasteiger partial charge in [-0.3, -0.25) is 14.2 Å². The molecule has 0 bridgehead atoms. The van der Waals surface area contributed by atoms with Crippen LogP contribution < -0.4 is 10.6 Å². The number of aryl methyl sites for hydroxylation is 2. The second kappa shape index (κ2) is 11.0. The van der Waals surface area contributed by atoms with Crippen molar-refractivity contribution in [3.05, 3.63) is 101 Å². The lowest BCUT2D eigenvalue weighted by Crippen LogP contribution is -2.25. The smallest absolute Gasteiger partial charge is 0.254 e. The maximum absolute atomic E-state index is 14.0. The average molecular weight is 490 g/mol. The molecule has 0 aliphatic carbocycles. The number of hydrogen-bond donors (Lipinski definition) is 2. The van der Waals surface area contributed by atoms with E-state index in [1.807, 2.05) is 62.4 Å². The van der Waals surface area contributed by atoms with E-state index in [9.17, 15) is 14.0 Å². The summed E-state index contributed by atoms with van der Waals surface area (Å²) in [5.74, 6) is -0.729. The van der Waals surface area contributed by atoms with E-state index < -0.39 is 11.7 Å². The molecule has 2 amide bonds. The number of rotatable bonds is 8. The van der Waals surface area contributed by atoms with E-state index in [0.717, 1.165) is 22.5 Å². The van der Waals surface area contributed by atoms with Crippen molar-refractivity contribution in [1.82, 2.24) is 20.1 Å². The Balaban J connectivity index is 1.49. The van der Waals surface area contributed by atoms with Gasteiger partial charge in [0.1, 0.15) is 5.82 Å². The molecular weight excluding hydrogens is 465 g/mol. The number of halogens is 1. The molecule has 0 radical (unpaired) electrons. The molecule has 0 saturated carbocycles. The van der Waals surface area contributed by atoms with E-state index in [-0.39, 0.29) is 23.8 Å². The molecule has 35 heavy (non-hydrogen) atoms. The van der Waals surface area contributed by atoms with Gasteiger partial charge in [-0.25, -0.2) is 4.39 Å². The topological polar surface area (TPSA) is 88.9 Å². The second-order valence-corrected chi connectivity index (χ2v) is 8.83. The quantitative estimate of drug-likeness (QED) is 0.351.